The molecule has 0 saturated carbocycles. The number of hydrazone groups is 1. The summed E-state index contributed by atoms with van der Waals surface area (Å²) in [6.07, 6.45) is 1.21. The minimum atomic E-state index is -1.48. The van der Waals surface area contributed by atoms with Crippen LogP contribution in [0.25, 0.3) is 0 Å². The molecule has 0 unspecified atom stereocenters. The molecule has 0 aromatic heterocycles. The first-order valence-corrected chi connectivity index (χ1v) is 5.15. The van der Waals surface area contributed by atoms with E-state index < -0.39 is 17.5 Å². The summed E-state index contributed by atoms with van der Waals surface area (Å²) in [5.41, 5.74) is 3.54. The summed E-state index contributed by atoms with van der Waals surface area (Å²) in [6.45, 7) is 0. The van der Waals surface area contributed by atoms with Gasteiger partial charge in [0.1, 0.15) is 0 Å². The molecule has 0 bridgehead atoms. The van der Waals surface area contributed by atoms with Gasteiger partial charge in [0.05, 0.1) is 11.9 Å². The maximum atomic E-state index is 12.9. The first-order chi connectivity index (χ1) is 8.66. The molecule has 0 fully saturated rings. The molecule has 5 heteroatoms. The number of halogens is 3. The van der Waals surface area contributed by atoms with E-state index >= 15 is 0 Å². The summed E-state index contributed by atoms with van der Waals surface area (Å²) in [5.74, 6) is -3.96. The normalized spacial score (nSPS) is 10.8. The van der Waals surface area contributed by atoms with Crippen LogP contribution >= 0.6 is 0 Å². The average molecular weight is 250 g/mol. The van der Waals surface area contributed by atoms with Crippen LogP contribution < -0.4 is 5.43 Å². The molecule has 1 N–H and O–H groups in total. The SMILES string of the molecule is Fc1cc(C=NNc2ccccc2)cc(F)c1F. The zero-order valence-corrected chi connectivity index (χ0v) is 9.20. The molecule has 18 heavy (non-hydrogen) atoms. The Morgan fingerprint density at radius 1 is 0.944 bits per heavy atom. The fourth-order valence-electron chi connectivity index (χ4n) is 1.34. The van der Waals surface area contributed by atoms with Crippen LogP contribution in [0, 0.1) is 17.5 Å². The Bertz CT molecular complexity index is 545. The smallest absolute Gasteiger partial charge is 0.194 e. The van der Waals surface area contributed by atoms with Crippen molar-refractivity contribution in [3.63, 3.8) is 0 Å². The quantitative estimate of drug-likeness (QED) is 0.503. The van der Waals surface area contributed by atoms with Gasteiger partial charge < -0.3 is 0 Å². The molecule has 0 saturated heterocycles. The Morgan fingerprint density at radius 3 is 2.17 bits per heavy atom. The molecular formula is C13H9F3N2. The zero-order chi connectivity index (χ0) is 13.0. The molecule has 0 spiro atoms. The number of hydrogen-bond donors (Lipinski definition) is 1. The van der Waals surface area contributed by atoms with Crippen LogP contribution in [0.4, 0.5) is 18.9 Å². The third kappa shape index (κ3) is 2.88. The minimum Gasteiger partial charge on any atom is -0.279 e. The number of rotatable bonds is 3. The number of nitrogens with zero attached hydrogens (tertiary/aromatic N) is 1. The van der Waals surface area contributed by atoms with Crippen molar-refractivity contribution in [1.29, 1.82) is 0 Å². The van der Waals surface area contributed by atoms with Gasteiger partial charge in [-0.3, -0.25) is 5.43 Å². The highest BCUT2D eigenvalue weighted by Crippen LogP contribution is 2.12. The van der Waals surface area contributed by atoms with Gasteiger partial charge in [0.15, 0.2) is 17.5 Å². The standard InChI is InChI=1S/C13H9F3N2/c14-11-6-9(7-12(15)13(11)16)8-17-18-10-4-2-1-3-5-10/h1-8,18H. The van der Waals surface area contributed by atoms with E-state index in [2.05, 4.69) is 10.5 Å². The van der Waals surface area contributed by atoms with Crippen molar-refractivity contribution in [2.75, 3.05) is 5.43 Å². The topological polar surface area (TPSA) is 24.4 Å². The average Bonchev–Trinajstić information content (AvgIpc) is 2.37. The van der Waals surface area contributed by atoms with Crippen molar-refractivity contribution < 1.29 is 13.2 Å². The molecule has 0 aliphatic rings. The molecule has 0 atom stereocenters. The number of benzene rings is 2. The van der Waals surface area contributed by atoms with E-state index in [1.807, 2.05) is 18.2 Å². The molecule has 0 aliphatic heterocycles. The Hall–Kier alpha value is -2.30. The second kappa shape index (κ2) is 5.35. The van der Waals surface area contributed by atoms with E-state index in [0.717, 1.165) is 17.8 Å². The predicted octanol–water partition coefficient (Wildman–Crippen LogP) is 3.55. The Balaban J connectivity index is 2.10. The lowest BCUT2D eigenvalue weighted by molar-refractivity contribution is 0.447. The first-order valence-electron chi connectivity index (χ1n) is 5.15. The highest BCUT2D eigenvalue weighted by molar-refractivity contribution is 5.80. The summed E-state index contributed by atoms with van der Waals surface area (Å²) in [4.78, 5) is 0. The number of nitrogens with one attached hydrogen (secondary N) is 1. The van der Waals surface area contributed by atoms with Crippen LogP contribution in [0.1, 0.15) is 5.56 Å². The molecule has 0 amide bonds. The Kier molecular flexibility index (Phi) is 3.62. The maximum Gasteiger partial charge on any atom is 0.194 e. The molecule has 2 aromatic rings. The van der Waals surface area contributed by atoms with Crippen LogP contribution in [-0.2, 0) is 0 Å². The van der Waals surface area contributed by atoms with Crippen LogP contribution in [0.2, 0.25) is 0 Å². The molecule has 2 aromatic carbocycles. The number of para-hydroxylation sites is 1. The largest absolute Gasteiger partial charge is 0.279 e. The third-order valence-electron chi connectivity index (χ3n) is 2.19. The monoisotopic (exact) mass is 250 g/mol. The van der Waals surface area contributed by atoms with Gasteiger partial charge in [-0.25, -0.2) is 13.2 Å². The van der Waals surface area contributed by atoms with Gasteiger partial charge in [-0.1, -0.05) is 18.2 Å². The van der Waals surface area contributed by atoms with Gasteiger partial charge in [-0.05, 0) is 24.3 Å². The first kappa shape index (κ1) is 12.2. The van der Waals surface area contributed by atoms with Gasteiger partial charge in [0.2, 0.25) is 0 Å². The molecule has 0 aliphatic carbocycles. The van der Waals surface area contributed by atoms with E-state index in [0.29, 0.717) is 0 Å². The summed E-state index contributed by atoms with van der Waals surface area (Å²) in [5, 5.41) is 3.79. The van der Waals surface area contributed by atoms with E-state index in [4.69, 9.17) is 0 Å². The summed E-state index contributed by atoms with van der Waals surface area (Å²) >= 11 is 0. The van der Waals surface area contributed by atoms with Gasteiger partial charge in [0.25, 0.3) is 0 Å². The van der Waals surface area contributed by atoms with Crippen LogP contribution in [0.5, 0.6) is 0 Å². The van der Waals surface area contributed by atoms with Crippen molar-refractivity contribution in [3.8, 4) is 0 Å². The Labute approximate surface area is 102 Å². The van der Waals surface area contributed by atoms with Gasteiger partial charge in [-0.2, -0.15) is 5.10 Å². The number of anilines is 1. The summed E-state index contributed by atoms with van der Waals surface area (Å²) < 4.78 is 38.5. The van der Waals surface area contributed by atoms with Crippen LogP contribution in [0.3, 0.4) is 0 Å². The van der Waals surface area contributed by atoms with Crippen LogP contribution in [0.15, 0.2) is 47.6 Å². The molecule has 0 heterocycles. The number of hydrogen-bond acceptors (Lipinski definition) is 2. The molecular weight excluding hydrogens is 241 g/mol. The highest BCUT2D eigenvalue weighted by atomic mass is 19.2. The van der Waals surface area contributed by atoms with Crippen molar-refractivity contribution in [2.24, 2.45) is 5.10 Å². The molecule has 0 radical (unpaired) electrons. The molecule has 2 nitrogen and oxygen atoms in total. The highest BCUT2D eigenvalue weighted by Gasteiger charge is 2.09. The van der Waals surface area contributed by atoms with E-state index in [1.165, 1.54) is 6.21 Å². The van der Waals surface area contributed by atoms with Crippen molar-refractivity contribution in [2.45, 2.75) is 0 Å². The van der Waals surface area contributed by atoms with E-state index in [9.17, 15) is 13.2 Å². The fraction of sp³-hybridized carbons (Fsp3) is 0. The lowest BCUT2D eigenvalue weighted by Crippen LogP contribution is -1.95. The summed E-state index contributed by atoms with van der Waals surface area (Å²) in [7, 11) is 0. The second-order valence-corrected chi connectivity index (χ2v) is 3.53. The zero-order valence-electron chi connectivity index (χ0n) is 9.20. The predicted molar refractivity (Wildman–Crippen MR) is 64.0 cm³/mol. The van der Waals surface area contributed by atoms with Gasteiger partial charge >= 0.3 is 0 Å². The van der Waals surface area contributed by atoms with Crippen molar-refractivity contribution >= 4 is 11.9 Å². The van der Waals surface area contributed by atoms with Gasteiger partial charge in [0, 0.05) is 5.56 Å². The minimum absolute atomic E-state index is 0.134. The van der Waals surface area contributed by atoms with Crippen molar-refractivity contribution in [1.82, 2.24) is 0 Å². The van der Waals surface area contributed by atoms with Crippen LogP contribution in [-0.4, -0.2) is 6.21 Å². The van der Waals surface area contributed by atoms with E-state index in [1.54, 1.807) is 12.1 Å². The van der Waals surface area contributed by atoms with E-state index in [-0.39, 0.29) is 5.56 Å². The maximum absolute atomic E-state index is 12.9. The lowest BCUT2D eigenvalue weighted by Gasteiger charge is -2.00. The third-order valence-corrected chi connectivity index (χ3v) is 2.19. The second-order valence-electron chi connectivity index (χ2n) is 3.53. The Morgan fingerprint density at radius 2 is 1.56 bits per heavy atom. The fourth-order valence-corrected chi connectivity index (χ4v) is 1.34. The van der Waals surface area contributed by atoms with Gasteiger partial charge in [-0.15, -0.1) is 0 Å². The lowest BCUT2D eigenvalue weighted by atomic mass is 10.2. The van der Waals surface area contributed by atoms with Crippen molar-refractivity contribution in [3.05, 3.63) is 65.5 Å². The molecule has 2 rings (SSSR count). The summed E-state index contributed by atoms with van der Waals surface area (Å²) in [6, 6.07) is 10.8. The molecule has 92 valence electrons.